The molecule has 1 unspecified atom stereocenters. The molecule has 1 heterocycles. The molecule has 1 aromatic rings. The number of anilines is 1. The Bertz CT molecular complexity index is 374. The zero-order chi connectivity index (χ0) is 12.8. The van der Waals surface area contributed by atoms with Gasteiger partial charge >= 0.3 is 0 Å². The Morgan fingerprint density at radius 3 is 2.59 bits per heavy atom. The van der Waals surface area contributed by atoms with Gasteiger partial charge in [-0.25, -0.2) is 9.97 Å². The lowest BCUT2D eigenvalue weighted by Crippen LogP contribution is -2.13. The molecule has 1 aromatic heterocycles. The maximum absolute atomic E-state index is 5.87. The van der Waals surface area contributed by atoms with Gasteiger partial charge in [-0.1, -0.05) is 6.92 Å². The molecule has 1 atom stereocenters. The van der Waals surface area contributed by atoms with Crippen LogP contribution >= 0.6 is 22.6 Å². The average molecular weight is 351 g/mol. The summed E-state index contributed by atoms with van der Waals surface area (Å²) in [5.41, 5.74) is 6.68. The summed E-state index contributed by atoms with van der Waals surface area (Å²) in [7, 11) is 1.63. The molecule has 6 heteroatoms. The van der Waals surface area contributed by atoms with Crippen LogP contribution in [-0.4, -0.2) is 23.7 Å². The molecule has 0 saturated heterocycles. The third-order valence-corrected chi connectivity index (χ3v) is 3.45. The van der Waals surface area contributed by atoms with Crippen molar-refractivity contribution in [2.45, 2.75) is 33.0 Å². The molecule has 0 aliphatic carbocycles. The van der Waals surface area contributed by atoms with E-state index >= 15 is 0 Å². The highest BCUT2D eigenvalue weighted by molar-refractivity contribution is 14.1. The fraction of sp³-hybridized carbons (Fsp3) is 0.636. The van der Waals surface area contributed by atoms with E-state index in [1.807, 2.05) is 13.8 Å². The molecule has 96 valence electrons. The van der Waals surface area contributed by atoms with E-state index < -0.39 is 0 Å². The van der Waals surface area contributed by atoms with Crippen LogP contribution in [0.4, 0.5) is 5.82 Å². The molecule has 0 aliphatic rings. The van der Waals surface area contributed by atoms with Crippen LogP contribution < -0.4 is 5.73 Å². The van der Waals surface area contributed by atoms with E-state index in [1.165, 1.54) is 0 Å². The van der Waals surface area contributed by atoms with Crippen LogP contribution in [-0.2, 0) is 16.1 Å². The predicted octanol–water partition coefficient (Wildman–Crippen LogP) is 2.30. The Balaban J connectivity index is 3.07. The first-order valence-corrected chi connectivity index (χ1v) is 6.64. The van der Waals surface area contributed by atoms with Crippen LogP contribution in [0.25, 0.3) is 0 Å². The van der Waals surface area contributed by atoms with Gasteiger partial charge < -0.3 is 15.2 Å². The molecule has 0 bridgehead atoms. The highest BCUT2D eigenvalue weighted by Gasteiger charge is 2.17. The third kappa shape index (κ3) is 3.75. The highest BCUT2D eigenvalue weighted by atomic mass is 127. The molecule has 2 N–H and O–H groups in total. The molecular weight excluding hydrogens is 333 g/mol. The van der Waals surface area contributed by atoms with Gasteiger partial charge in [0.1, 0.15) is 11.9 Å². The smallest absolute Gasteiger partial charge is 0.159 e. The number of nitrogens with two attached hydrogens (primary N) is 1. The number of hydrogen-bond donors (Lipinski definition) is 1. The maximum Gasteiger partial charge on any atom is 0.159 e. The second-order valence-electron chi connectivity index (χ2n) is 3.51. The Morgan fingerprint density at radius 1 is 1.35 bits per heavy atom. The van der Waals surface area contributed by atoms with Crippen molar-refractivity contribution < 1.29 is 9.47 Å². The topological polar surface area (TPSA) is 70.3 Å². The Hall–Kier alpha value is -0.470. The van der Waals surface area contributed by atoms with Crippen molar-refractivity contribution in [3.05, 3.63) is 15.1 Å². The van der Waals surface area contributed by atoms with Crippen molar-refractivity contribution in [2.75, 3.05) is 19.5 Å². The van der Waals surface area contributed by atoms with Crippen LogP contribution in [0.15, 0.2) is 0 Å². The first-order valence-electron chi connectivity index (χ1n) is 5.56. The van der Waals surface area contributed by atoms with Crippen molar-refractivity contribution in [1.29, 1.82) is 0 Å². The Labute approximate surface area is 115 Å². The predicted molar refractivity (Wildman–Crippen MR) is 74.5 cm³/mol. The molecule has 0 aromatic carbocycles. The number of nitrogens with zero attached hydrogens (tertiary/aromatic N) is 2. The molecule has 1 rings (SSSR count). The van der Waals surface area contributed by atoms with E-state index in [1.54, 1.807) is 7.11 Å². The first-order chi connectivity index (χ1) is 8.13. The van der Waals surface area contributed by atoms with Crippen LogP contribution in [0, 0.1) is 3.57 Å². The van der Waals surface area contributed by atoms with E-state index in [-0.39, 0.29) is 6.10 Å². The second-order valence-corrected chi connectivity index (χ2v) is 4.59. The van der Waals surface area contributed by atoms with E-state index in [4.69, 9.17) is 15.2 Å². The second kappa shape index (κ2) is 7.07. The largest absolute Gasteiger partial charge is 0.383 e. The van der Waals surface area contributed by atoms with Crippen LogP contribution in [0.2, 0.25) is 0 Å². The highest BCUT2D eigenvalue weighted by Crippen LogP contribution is 2.23. The zero-order valence-electron chi connectivity index (χ0n) is 10.4. The number of methoxy groups -OCH3 is 1. The molecular formula is C11H18IN3O2. The summed E-state index contributed by atoms with van der Waals surface area (Å²) in [5, 5.41) is 0. The molecule has 0 amide bonds. The van der Waals surface area contributed by atoms with E-state index in [9.17, 15) is 0 Å². The normalized spacial score (nSPS) is 12.7. The van der Waals surface area contributed by atoms with Gasteiger partial charge in [0.25, 0.3) is 0 Å². The summed E-state index contributed by atoms with van der Waals surface area (Å²) in [6, 6.07) is 0. The Kier molecular flexibility index (Phi) is 6.07. The number of aromatic nitrogens is 2. The molecule has 5 nitrogen and oxygen atoms in total. The van der Waals surface area contributed by atoms with Gasteiger partial charge in [-0.05, 0) is 35.9 Å². The van der Waals surface area contributed by atoms with Crippen molar-refractivity contribution in [3.8, 4) is 0 Å². The molecule has 0 spiro atoms. The van der Waals surface area contributed by atoms with E-state index in [0.29, 0.717) is 24.9 Å². The fourth-order valence-electron chi connectivity index (χ4n) is 1.49. The van der Waals surface area contributed by atoms with Crippen LogP contribution in [0.5, 0.6) is 0 Å². The monoisotopic (exact) mass is 351 g/mol. The lowest BCUT2D eigenvalue weighted by atomic mass is 10.2. The quantitative estimate of drug-likeness (QED) is 0.797. The van der Waals surface area contributed by atoms with Crippen molar-refractivity contribution >= 4 is 28.4 Å². The van der Waals surface area contributed by atoms with Gasteiger partial charge in [0.05, 0.1) is 15.9 Å². The van der Waals surface area contributed by atoms with Crippen molar-refractivity contribution in [2.24, 2.45) is 0 Å². The maximum atomic E-state index is 5.87. The van der Waals surface area contributed by atoms with E-state index in [2.05, 4.69) is 32.6 Å². The number of rotatable bonds is 6. The lowest BCUT2D eigenvalue weighted by molar-refractivity contribution is 0.0530. The van der Waals surface area contributed by atoms with Crippen molar-refractivity contribution in [1.82, 2.24) is 9.97 Å². The summed E-state index contributed by atoms with van der Waals surface area (Å²) >= 11 is 2.13. The molecule has 17 heavy (non-hydrogen) atoms. The van der Waals surface area contributed by atoms with Gasteiger partial charge in [-0.2, -0.15) is 0 Å². The number of hydrogen-bond acceptors (Lipinski definition) is 5. The van der Waals surface area contributed by atoms with Gasteiger partial charge in [-0.15, -0.1) is 0 Å². The number of nitrogen functional groups attached to an aromatic ring is 1. The van der Waals surface area contributed by atoms with Crippen LogP contribution in [0.3, 0.4) is 0 Å². The number of ether oxygens (including phenoxy) is 2. The van der Waals surface area contributed by atoms with Gasteiger partial charge in [0, 0.05) is 13.7 Å². The minimum atomic E-state index is -0.102. The molecule has 0 saturated carbocycles. The van der Waals surface area contributed by atoms with Crippen LogP contribution in [0.1, 0.15) is 37.9 Å². The van der Waals surface area contributed by atoms with Gasteiger partial charge in [-0.3, -0.25) is 0 Å². The lowest BCUT2D eigenvalue weighted by Gasteiger charge is -2.15. The SMILES string of the molecule is CCOC(CC)c1nc(N)c(I)c(COC)n1. The average Bonchev–Trinajstić information content (AvgIpc) is 2.32. The standard InChI is InChI=1S/C11H18IN3O2/c1-4-8(17-5-2)11-14-7(6-16-3)9(12)10(13)15-11/h8H,4-6H2,1-3H3,(H2,13,14,15). The molecule has 0 radical (unpaired) electrons. The van der Waals surface area contributed by atoms with Gasteiger partial charge in [0.2, 0.25) is 0 Å². The Morgan fingerprint density at radius 2 is 2.06 bits per heavy atom. The summed E-state index contributed by atoms with van der Waals surface area (Å²) < 4.78 is 11.5. The summed E-state index contributed by atoms with van der Waals surface area (Å²) in [5.74, 6) is 1.13. The zero-order valence-corrected chi connectivity index (χ0v) is 12.5. The fourth-order valence-corrected chi connectivity index (χ4v) is 1.88. The molecule has 0 aliphatic heterocycles. The summed E-state index contributed by atoms with van der Waals surface area (Å²) in [6.45, 7) is 5.05. The molecule has 0 fully saturated rings. The third-order valence-electron chi connectivity index (χ3n) is 2.27. The first kappa shape index (κ1) is 14.6. The van der Waals surface area contributed by atoms with E-state index in [0.717, 1.165) is 15.7 Å². The van der Waals surface area contributed by atoms with Gasteiger partial charge in [0.15, 0.2) is 5.82 Å². The summed E-state index contributed by atoms with van der Waals surface area (Å²) in [4.78, 5) is 8.75. The minimum Gasteiger partial charge on any atom is -0.383 e. The van der Waals surface area contributed by atoms with Crippen molar-refractivity contribution in [3.63, 3.8) is 0 Å². The number of halogens is 1. The summed E-state index contributed by atoms with van der Waals surface area (Å²) in [6.07, 6.45) is 0.718. The minimum absolute atomic E-state index is 0.102.